The van der Waals surface area contributed by atoms with E-state index in [2.05, 4.69) is 22.0 Å². The van der Waals surface area contributed by atoms with Crippen molar-refractivity contribution in [2.45, 2.75) is 70.5 Å². The van der Waals surface area contributed by atoms with Gasteiger partial charge in [-0.1, -0.05) is 19.8 Å². The smallest absolute Gasteiger partial charge is 0.239 e. The number of fused-ring (bicyclic) bond motifs is 1. The lowest BCUT2D eigenvalue weighted by atomic mass is 9.85. The van der Waals surface area contributed by atoms with Crippen molar-refractivity contribution < 1.29 is 9.53 Å². The summed E-state index contributed by atoms with van der Waals surface area (Å²) in [6.07, 6.45) is 7.40. The number of nitrogens with zero attached hydrogens (tertiary/aromatic N) is 2. The first-order valence-corrected chi connectivity index (χ1v) is 10.1. The van der Waals surface area contributed by atoms with Gasteiger partial charge in [0, 0.05) is 44.9 Å². The molecule has 0 aromatic carbocycles. The maximum atomic E-state index is 13.0. The standard InChI is InChI=1S/C19H35N3O2/c1-3-16-14-22(10-9-21(16)11-12-24-4-2)19(23)18-13-15-7-5-6-8-17(15)20-18/h15-18,20H,3-14H2,1-2H3. The van der Waals surface area contributed by atoms with Gasteiger partial charge in [0.2, 0.25) is 5.91 Å². The zero-order valence-corrected chi connectivity index (χ0v) is 15.5. The van der Waals surface area contributed by atoms with Crippen LogP contribution in [0.2, 0.25) is 0 Å². The highest BCUT2D eigenvalue weighted by Crippen LogP contribution is 2.33. The summed E-state index contributed by atoms with van der Waals surface area (Å²) in [4.78, 5) is 17.6. The van der Waals surface area contributed by atoms with Crippen molar-refractivity contribution in [2.75, 3.05) is 39.4 Å². The first-order chi connectivity index (χ1) is 11.7. The van der Waals surface area contributed by atoms with Gasteiger partial charge in [0.1, 0.15) is 0 Å². The molecule has 0 aromatic rings. The van der Waals surface area contributed by atoms with Crippen molar-refractivity contribution >= 4 is 5.91 Å². The Morgan fingerprint density at radius 1 is 1.21 bits per heavy atom. The van der Waals surface area contributed by atoms with Crippen molar-refractivity contribution in [1.82, 2.24) is 15.1 Å². The average molecular weight is 338 g/mol. The van der Waals surface area contributed by atoms with E-state index in [0.29, 0.717) is 18.0 Å². The summed E-state index contributed by atoms with van der Waals surface area (Å²) in [5.74, 6) is 1.09. The maximum Gasteiger partial charge on any atom is 0.239 e. The number of rotatable bonds is 6. The van der Waals surface area contributed by atoms with Crippen LogP contribution in [0.3, 0.4) is 0 Å². The molecule has 3 aliphatic rings. The quantitative estimate of drug-likeness (QED) is 0.752. The number of carbonyl (C=O) groups excluding carboxylic acids is 1. The lowest BCUT2D eigenvalue weighted by Crippen LogP contribution is -2.58. The van der Waals surface area contributed by atoms with E-state index in [1.165, 1.54) is 25.7 Å². The Morgan fingerprint density at radius 2 is 2.04 bits per heavy atom. The molecule has 0 bridgehead atoms. The van der Waals surface area contributed by atoms with Gasteiger partial charge in [-0.3, -0.25) is 9.69 Å². The highest BCUT2D eigenvalue weighted by Gasteiger charge is 2.40. The van der Waals surface area contributed by atoms with Crippen LogP contribution in [0.5, 0.6) is 0 Å². The largest absolute Gasteiger partial charge is 0.380 e. The molecule has 2 aliphatic heterocycles. The fraction of sp³-hybridized carbons (Fsp3) is 0.947. The van der Waals surface area contributed by atoms with E-state index in [9.17, 15) is 4.79 Å². The Morgan fingerprint density at radius 3 is 2.79 bits per heavy atom. The third kappa shape index (κ3) is 4.12. The Hall–Kier alpha value is -0.650. The average Bonchev–Trinajstić information content (AvgIpc) is 3.05. The third-order valence-electron chi connectivity index (χ3n) is 6.28. The minimum absolute atomic E-state index is 0.0746. The van der Waals surface area contributed by atoms with Crippen LogP contribution in [0.15, 0.2) is 0 Å². The molecule has 4 unspecified atom stereocenters. The van der Waals surface area contributed by atoms with Crippen LogP contribution in [0.25, 0.3) is 0 Å². The Balaban J connectivity index is 1.51. The minimum atomic E-state index is 0.0746. The van der Waals surface area contributed by atoms with Crippen LogP contribution in [0.4, 0.5) is 0 Å². The van der Waals surface area contributed by atoms with E-state index in [0.717, 1.165) is 58.2 Å². The van der Waals surface area contributed by atoms with E-state index in [-0.39, 0.29) is 6.04 Å². The number of hydrogen-bond acceptors (Lipinski definition) is 4. The summed E-state index contributed by atoms with van der Waals surface area (Å²) in [7, 11) is 0. The summed E-state index contributed by atoms with van der Waals surface area (Å²) < 4.78 is 5.51. The molecule has 4 atom stereocenters. The molecule has 3 fully saturated rings. The molecule has 1 N–H and O–H groups in total. The highest BCUT2D eigenvalue weighted by atomic mass is 16.5. The lowest BCUT2D eigenvalue weighted by molar-refractivity contribution is -0.136. The fourth-order valence-electron chi connectivity index (χ4n) is 4.83. The topological polar surface area (TPSA) is 44.8 Å². The van der Waals surface area contributed by atoms with Gasteiger partial charge in [-0.05, 0) is 38.5 Å². The van der Waals surface area contributed by atoms with Crippen molar-refractivity contribution in [2.24, 2.45) is 5.92 Å². The molecule has 5 heteroatoms. The molecule has 0 radical (unpaired) electrons. The van der Waals surface area contributed by atoms with Gasteiger partial charge in [-0.25, -0.2) is 0 Å². The summed E-state index contributed by atoms with van der Waals surface area (Å²) in [5.41, 5.74) is 0. The first kappa shape index (κ1) is 18.2. The minimum Gasteiger partial charge on any atom is -0.380 e. The molecule has 5 nitrogen and oxygen atoms in total. The SMILES string of the molecule is CCOCCN1CCN(C(=O)C2CC3CCCCC3N2)CC1CC. The molecule has 2 heterocycles. The second-order valence-corrected chi connectivity index (χ2v) is 7.69. The van der Waals surface area contributed by atoms with Gasteiger partial charge in [0.25, 0.3) is 0 Å². The predicted octanol–water partition coefficient (Wildman–Crippen LogP) is 1.87. The molecular weight excluding hydrogens is 302 g/mol. The second kappa shape index (κ2) is 8.63. The molecule has 3 rings (SSSR count). The van der Waals surface area contributed by atoms with Gasteiger partial charge < -0.3 is 15.0 Å². The Bertz CT molecular complexity index is 403. The van der Waals surface area contributed by atoms with Crippen LogP contribution < -0.4 is 5.32 Å². The maximum absolute atomic E-state index is 13.0. The molecule has 1 saturated carbocycles. The molecule has 138 valence electrons. The van der Waals surface area contributed by atoms with Crippen LogP contribution >= 0.6 is 0 Å². The summed E-state index contributed by atoms with van der Waals surface area (Å²) in [6, 6.07) is 1.15. The number of carbonyl (C=O) groups is 1. The molecule has 1 amide bonds. The van der Waals surface area contributed by atoms with Crippen LogP contribution in [0.1, 0.15) is 52.4 Å². The molecule has 0 aromatic heterocycles. The Kier molecular flexibility index (Phi) is 6.53. The zero-order chi connectivity index (χ0) is 16.9. The van der Waals surface area contributed by atoms with Crippen molar-refractivity contribution in [1.29, 1.82) is 0 Å². The van der Waals surface area contributed by atoms with E-state index >= 15 is 0 Å². The predicted molar refractivity (Wildman–Crippen MR) is 96.0 cm³/mol. The van der Waals surface area contributed by atoms with Gasteiger partial charge in [-0.15, -0.1) is 0 Å². The summed E-state index contributed by atoms with van der Waals surface area (Å²) in [5, 5.41) is 3.65. The number of ether oxygens (including phenoxy) is 1. The molecule has 1 aliphatic carbocycles. The molecular formula is C19H35N3O2. The molecule has 0 spiro atoms. The van der Waals surface area contributed by atoms with Crippen LogP contribution in [0, 0.1) is 5.92 Å². The van der Waals surface area contributed by atoms with Gasteiger partial charge in [0.05, 0.1) is 12.6 Å². The third-order valence-corrected chi connectivity index (χ3v) is 6.28. The number of nitrogens with one attached hydrogen (secondary N) is 1. The molecule has 24 heavy (non-hydrogen) atoms. The van der Waals surface area contributed by atoms with E-state index in [1.807, 2.05) is 6.92 Å². The monoisotopic (exact) mass is 337 g/mol. The van der Waals surface area contributed by atoms with E-state index < -0.39 is 0 Å². The summed E-state index contributed by atoms with van der Waals surface area (Å²) >= 11 is 0. The Labute approximate surface area is 147 Å². The van der Waals surface area contributed by atoms with Crippen molar-refractivity contribution in [3.63, 3.8) is 0 Å². The summed E-state index contributed by atoms with van der Waals surface area (Å²) in [6.45, 7) is 9.58. The van der Waals surface area contributed by atoms with Crippen molar-refractivity contribution in [3.05, 3.63) is 0 Å². The zero-order valence-electron chi connectivity index (χ0n) is 15.5. The van der Waals surface area contributed by atoms with Gasteiger partial charge in [0.15, 0.2) is 0 Å². The van der Waals surface area contributed by atoms with Gasteiger partial charge >= 0.3 is 0 Å². The highest BCUT2D eigenvalue weighted by molar-refractivity contribution is 5.82. The number of hydrogen-bond donors (Lipinski definition) is 1. The first-order valence-electron chi connectivity index (χ1n) is 10.1. The molecule has 2 saturated heterocycles. The normalized spacial score (nSPS) is 34.3. The lowest BCUT2D eigenvalue weighted by Gasteiger charge is -2.42. The van der Waals surface area contributed by atoms with Crippen LogP contribution in [-0.4, -0.2) is 73.2 Å². The number of piperazine rings is 1. The second-order valence-electron chi connectivity index (χ2n) is 7.69. The fourth-order valence-corrected chi connectivity index (χ4v) is 4.83. The van der Waals surface area contributed by atoms with Gasteiger partial charge in [-0.2, -0.15) is 0 Å². The van der Waals surface area contributed by atoms with Crippen LogP contribution in [-0.2, 0) is 9.53 Å². The number of amides is 1. The van der Waals surface area contributed by atoms with E-state index in [1.54, 1.807) is 0 Å². The van der Waals surface area contributed by atoms with E-state index in [4.69, 9.17) is 4.74 Å². The van der Waals surface area contributed by atoms with Crippen molar-refractivity contribution in [3.8, 4) is 0 Å².